The largest absolute Gasteiger partial charge is 0.479 e. The van der Waals surface area contributed by atoms with E-state index in [0.717, 1.165) is 5.56 Å². The van der Waals surface area contributed by atoms with Crippen molar-refractivity contribution in [2.45, 2.75) is 25.7 Å². The Morgan fingerprint density at radius 1 is 1.39 bits per heavy atom. The molecule has 0 aromatic heterocycles. The molecule has 0 saturated heterocycles. The van der Waals surface area contributed by atoms with Crippen LogP contribution in [-0.2, 0) is 16.1 Å². The summed E-state index contributed by atoms with van der Waals surface area (Å²) < 4.78 is 17.8. The lowest BCUT2D eigenvalue weighted by Gasteiger charge is -2.15. The van der Waals surface area contributed by atoms with Gasteiger partial charge in [0.1, 0.15) is 6.61 Å². The molecule has 5 nitrogen and oxygen atoms in total. The molecule has 1 amide bonds. The number of nitrogens with one attached hydrogen (secondary N) is 1. The molecule has 2 N–H and O–H groups in total. The summed E-state index contributed by atoms with van der Waals surface area (Å²) in [5.41, 5.74) is 0.787. The number of carbonyl (C=O) groups is 2. The minimum absolute atomic E-state index is 0.0451. The molecule has 0 aliphatic heterocycles. The van der Waals surface area contributed by atoms with Crippen molar-refractivity contribution in [3.8, 4) is 0 Å². The molecule has 0 bridgehead atoms. The van der Waals surface area contributed by atoms with Gasteiger partial charge in [0, 0.05) is 0 Å². The first-order valence-electron chi connectivity index (χ1n) is 5.35. The predicted octanol–water partition coefficient (Wildman–Crippen LogP) is 1.72. The molecule has 0 aliphatic rings. The van der Waals surface area contributed by atoms with Crippen molar-refractivity contribution in [1.82, 2.24) is 5.32 Å². The van der Waals surface area contributed by atoms with Crippen molar-refractivity contribution in [1.29, 1.82) is 0 Å². The molecule has 0 unspecified atom stereocenters. The summed E-state index contributed by atoms with van der Waals surface area (Å²) in [7, 11) is 0. The van der Waals surface area contributed by atoms with Crippen molar-refractivity contribution >= 4 is 12.1 Å². The Bertz CT molecular complexity index is 410. The zero-order chi connectivity index (χ0) is 13.5. The highest BCUT2D eigenvalue weighted by atomic mass is 19.1. The van der Waals surface area contributed by atoms with Crippen LogP contribution in [0.3, 0.4) is 0 Å². The van der Waals surface area contributed by atoms with Crippen LogP contribution in [0.15, 0.2) is 30.3 Å². The van der Waals surface area contributed by atoms with Crippen molar-refractivity contribution in [3.63, 3.8) is 0 Å². The monoisotopic (exact) mass is 255 g/mol. The van der Waals surface area contributed by atoms with E-state index in [4.69, 9.17) is 9.84 Å². The van der Waals surface area contributed by atoms with Crippen molar-refractivity contribution in [2.24, 2.45) is 0 Å². The molecule has 18 heavy (non-hydrogen) atoms. The van der Waals surface area contributed by atoms with Crippen LogP contribution < -0.4 is 5.32 Å². The average Bonchev–Trinajstić information content (AvgIpc) is 2.36. The SMILES string of the molecule is C[C@H](NC(=O)OCc1ccccc1)[C@@H](F)C(=O)O. The van der Waals surface area contributed by atoms with Gasteiger partial charge >= 0.3 is 12.1 Å². The Kier molecular flexibility index (Phi) is 5.10. The number of amides is 1. The summed E-state index contributed by atoms with van der Waals surface area (Å²) in [6.45, 7) is 1.30. The van der Waals surface area contributed by atoms with Crippen LogP contribution in [0.4, 0.5) is 9.18 Å². The maximum Gasteiger partial charge on any atom is 0.407 e. The number of hydrogen-bond donors (Lipinski definition) is 2. The fourth-order valence-electron chi connectivity index (χ4n) is 1.24. The zero-order valence-corrected chi connectivity index (χ0v) is 9.80. The first-order valence-corrected chi connectivity index (χ1v) is 5.35. The number of carboxylic acid groups (broad SMARTS) is 1. The summed E-state index contributed by atoms with van der Waals surface area (Å²) in [6.07, 6.45) is -3.01. The predicted molar refractivity (Wildman–Crippen MR) is 61.8 cm³/mol. The van der Waals surface area contributed by atoms with Gasteiger partial charge in [0.2, 0.25) is 6.17 Å². The van der Waals surface area contributed by atoms with Crippen molar-refractivity contribution in [3.05, 3.63) is 35.9 Å². The van der Waals surface area contributed by atoms with Gasteiger partial charge in [0.05, 0.1) is 6.04 Å². The normalized spacial score (nSPS) is 13.4. The summed E-state index contributed by atoms with van der Waals surface area (Å²) >= 11 is 0. The smallest absolute Gasteiger partial charge is 0.407 e. The molecule has 0 saturated carbocycles. The van der Waals surface area contributed by atoms with Gasteiger partial charge < -0.3 is 15.2 Å². The second-order valence-electron chi connectivity index (χ2n) is 3.73. The Morgan fingerprint density at radius 2 is 2.00 bits per heavy atom. The minimum Gasteiger partial charge on any atom is -0.479 e. The van der Waals surface area contributed by atoms with E-state index in [1.807, 2.05) is 6.07 Å². The molecule has 0 fully saturated rings. The Hall–Kier alpha value is -2.11. The third kappa shape index (κ3) is 4.40. The number of benzene rings is 1. The molecule has 0 heterocycles. The number of rotatable bonds is 5. The summed E-state index contributed by atoms with van der Waals surface area (Å²) in [5, 5.41) is 10.5. The summed E-state index contributed by atoms with van der Waals surface area (Å²) in [5.74, 6) is -1.62. The third-order valence-electron chi connectivity index (χ3n) is 2.23. The summed E-state index contributed by atoms with van der Waals surface area (Å²) in [4.78, 5) is 21.6. The Balaban J connectivity index is 2.36. The molecule has 98 valence electrons. The highest BCUT2D eigenvalue weighted by Gasteiger charge is 2.25. The molecule has 1 rings (SSSR count). The Morgan fingerprint density at radius 3 is 2.56 bits per heavy atom. The fraction of sp³-hybridized carbons (Fsp3) is 0.333. The van der Waals surface area contributed by atoms with Gasteiger partial charge in [-0.05, 0) is 12.5 Å². The highest BCUT2D eigenvalue weighted by Crippen LogP contribution is 2.02. The van der Waals surface area contributed by atoms with Gasteiger partial charge in [-0.25, -0.2) is 14.0 Å². The highest BCUT2D eigenvalue weighted by molar-refractivity contribution is 5.75. The molecular weight excluding hydrogens is 241 g/mol. The number of alkyl halides is 1. The van der Waals surface area contributed by atoms with Crippen LogP contribution >= 0.6 is 0 Å². The number of halogens is 1. The van der Waals surface area contributed by atoms with Gasteiger partial charge in [-0.15, -0.1) is 0 Å². The first-order chi connectivity index (χ1) is 8.50. The third-order valence-corrected chi connectivity index (χ3v) is 2.23. The van der Waals surface area contributed by atoms with E-state index >= 15 is 0 Å². The number of ether oxygens (including phenoxy) is 1. The number of alkyl carbamates (subject to hydrolysis) is 1. The topological polar surface area (TPSA) is 75.6 Å². The molecule has 2 atom stereocenters. The summed E-state index contributed by atoms with van der Waals surface area (Å²) in [6, 6.07) is 7.80. The molecule has 6 heteroatoms. The molecule has 0 radical (unpaired) electrons. The lowest BCUT2D eigenvalue weighted by molar-refractivity contribution is -0.143. The van der Waals surface area contributed by atoms with Crippen molar-refractivity contribution in [2.75, 3.05) is 0 Å². The second-order valence-corrected chi connectivity index (χ2v) is 3.73. The minimum atomic E-state index is -2.16. The Labute approximate surface area is 104 Å². The van der Waals surface area contributed by atoms with Crippen LogP contribution in [0.2, 0.25) is 0 Å². The van der Waals surface area contributed by atoms with Crippen LogP contribution in [0.5, 0.6) is 0 Å². The molecule has 0 aliphatic carbocycles. The van der Waals surface area contributed by atoms with Crippen molar-refractivity contribution < 1.29 is 23.8 Å². The number of hydrogen-bond acceptors (Lipinski definition) is 3. The number of carbonyl (C=O) groups excluding carboxylic acids is 1. The fourth-order valence-corrected chi connectivity index (χ4v) is 1.24. The molecule has 0 spiro atoms. The molecular formula is C12H14FNO4. The van der Waals surface area contributed by atoms with E-state index < -0.39 is 24.3 Å². The van der Waals surface area contributed by atoms with Crippen LogP contribution in [0.25, 0.3) is 0 Å². The zero-order valence-electron chi connectivity index (χ0n) is 9.80. The van der Waals surface area contributed by atoms with Gasteiger partial charge in [-0.3, -0.25) is 0 Å². The number of carboxylic acids is 1. The quantitative estimate of drug-likeness (QED) is 0.840. The van der Waals surface area contributed by atoms with E-state index in [9.17, 15) is 14.0 Å². The van der Waals surface area contributed by atoms with Crippen LogP contribution in [0, 0.1) is 0 Å². The van der Waals surface area contributed by atoms with E-state index in [0.29, 0.717) is 0 Å². The van der Waals surface area contributed by atoms with E-state index in [-0.39, 0.29) is 6.61 Å². The van der Waals surface area contributed by atoms with E-state index in [2.05, 4.69) is 5.32 Å². The van der Waals surface area contributed by atoms with Crippen LogP contribution in [-0.4, -0.2) is 29.4 Å². The van der Waals surface area contributed by atoms with E-state index in [1.165, 1.54) is 6.92 Å². The average molecular weight is 255 g/mol. The maximum absolute atomic E-state index is 13.0. The molecule has 1 aromatic carbocycles. The van der Waals surface area contributed by atoms with Gasteiger partial charge in [-0.2, -0.15) is 0 Å². The molecule has 1 aromatic rings. The second kappa shape index (κ2) is 6.58. The maximum atomic E-state index is 13.0. The number of aliphatic carboxylic acids is 1. The van der Waals surface area contributed by atoms with Gasteiger partial charge in [0.15, 0.2) is 0 Å². The van der Waals surface area contributed by atoms with Crippen LogP contribution in [0.1, 0.15) is 12.5 Å². The van der Waals surface area contributed by atoms with E-state index in [1.54, 1.807) is 24.3 Å². The lowest BCUT2D eigenvalue weighted by Crippen LogP contribution is -2.42. The first kappa shape index (κ1) is 14.0. The van der Waals surface area contributed by atoms with Gasteiger partial charge in [0.25, 0.3) is 0 Å². The van der Waals surface area contributed by atoms with Gasteiger partial charge in [-0.1, -0.05) is 30.3 Å². The lowest BCUT2D eigenvalue weighted by atomic mass is 10.2. The standard InChI is InChI=1S/C12H14FNO4/c1-8(10(13)11(15)16)14-12(17)18-7-9-5-3-2-4-6-9/h2-6,8,10H,7H2,1H3,(H,14,17)(H,15,16)/t8-,10+/m0/s1.